The van der Waals surface area contributed by atoms with E-state index in [2.05, 4.69) is 28.9 Å². The van der Waals surface area contributed by atoms with Crippen molar-refractivity contribution in [2.45, 2.75) is 43.9 Å². The SMILES string of the molecule is CSC1CCC(n2cc(C)[nH]c2=S)CC1. The number of nitrogens with one attached hydrogen (secondary N) is 1. The zero-order valence-corrected chi connectivity index (χ0v) is 11.0. The molecule has 0 aromatic carbocycles. The molecule has 0 unspecified atom stereocenters. The second-order valence-electron chi connectivity index (χ2n) is 4.32. The number of aryl methyl sites for hydroxylation is 1. The van der Waals surface area contributed by atoms with E-state index in [-0.39, 0.29) is 0 Å². The van der Waals surface area contributed by atoms with Crippen molar-refractivity contribution in [1.82, 2.24) is 9.55 Å². The second-order valence-corrected chi connectivity index (χ2v) is 5.84. The van der Waals surface area contributed by atoms with Crippen LogP contribution in [0.2, 0.25) is 0 Å². The van der Waals surface area contributed by atoms with Gasteiger partial charge >= 0.3 is 0 Å². The van der Waals surface area contributed by atoms with Crippen molar-refractivity contribution in [3.05, 3.63) is 16.7 Å². The zero-order chi connectivity index (χ0) is 10.8. The van der Waals surface area contributed by atoms with Gasteiger partial charge in [0.1, 0.15) is 0 Å². The number of rotatable bonds is 2. The highest BCUT2D eigenvalue weighted by Gasteiger charge is 2.21. The summed E-state index contributed by atoms with van der Waals surface area (Å²) in [6.45, 7) is 2.07. The molecule has 0 saturated heterocycles. The molecule has 0 atom stereocenters. The largest absolute Gasteiger partial charge is 0.335 e. The Balaban J connectivity index is 2.07. The minimum Gasteiger partial charge on any atom is -0.335 e. The molecule has 0 bridgehead atoms. The van der Waals surface area contributed by atoms with Crippen LogP contribution in [0.4, 0.5) is 0 Å². The van der Waals surface area contributed by atoms with E-state index in [1.165, 1.54) is 31.4 Å². The van der Waals surface area contributed by atoms with Gasteiger partial charge in [-0.15, -0.1) is 0 Å². The van der Waals surface area contributed by atoms with Crippen LogP contribution in [0.5, 0.6) is 0 Å². The molecule has 0 amide bonds. The number of imidazole rings is 1. The third kappa shape index (κ3) is 2.48. The van der Waals surface area contributed by atoms with E-state index in [0.717, 1.165) is 10.0 Å². The average molecular weight is 242 g/mol. The lowest BCUT2D eigenvalue weighted by Gasteiger charge is -2.28. The van der Waals surface area contributed by atoms with Gasteiger partial charge in [0.25, 0.3) is 0 Å². The lowest BCUT2D eigenvalue weighted by molar-refractivity contribution is 0.357. The lowest BCUT2D eigenvalue weighted by atomic mass is 9.95. The molecule has 1 fully saturated rings. The summed E-state index contributed by atoms with van der Waals surface area (Å²) in [4.78, 5) is 3.20. The average Bonchev–Trinajstić information content (AvgIpc) is 2.58. The smallest absolute Gasteiger partial charge is 0.177 e. The zero-order valence-electron chi connectivity index (χ0n) is 9.32. The van der Waals surface area contributed by atoms with Crippen molar-refractivity contribution in [3.63, 3.8) is 0 Å². The first-order valence-electron chi connectivity index (χ1n) is 5.51. The van der Waals surface area contributed by atoms with Crippen LogP contribution < -0.4 is 0 Å². The van der Waals surface area contributed by atoms with Gasteiger partial charge in [-0.05, 0) is 51.1 Å². The summed E-state index contributed by atoms with van der Waals surface area (Å²) in [5, 5.41) is 0.871. The molecule has 2 nitrogen and oxygen atoms in total. The maximum Gasteiger partial charge on any atom is 0.177 e. The molecule has 1 heterocycles. The Labute approximate surface area is 100 Å². The maximum absolute atomic E-state index is 5.31. The van der Waals surface area contributed by atoms with Gasteiger partial charge in [0.15, 0.2) is 4.77 Å². The van der Waals surface area contributed by atoms with Gasteiger partial charge in [-0.25, -0.2) is 0 Å². The standard InChI is InChI=1S/C11H18N2S2/c1-8-7-13(11(14)12-8)9-3-5-10(15-2)6-4-9/h7,9-10H,3-6H2,1-2H3,(H,12,14). The van der Waals surface area contributed by atoms with Crippen LogP contribution in [-0.2, 0) is 0 Å². The summed E-state index contributed by atoms with van der Waals surface area (Å²) in [5.74, 6) is 0. The summed E-state index contributed by atoms with van der Waals surface area (Å²) in [6, 6.07) is 0.630. The fourth-order valence-electron chi connectivity index (χ4n) is 2.36. The third-order valence-electron chi connectivity index (χ3n) is 3.24. The molecule has 0 spiro atoms. The molecular weight excluding hydrogens is 224 g/mol. The highest BCUT2D eigenvalue weighted by Crippen LogP contribution is 2.33. The highest BCUT2D eigenvalue weighted by atomic mass is 32.2. The number of thioether (sulfide) groups is 1. The fourth-order valence-corrected chi connectivity index (χ4v) is 3.47. The second kappa shape index (κ2) is 4.74. The molecule has 1 aliphatic rings. The number of aromatic amines is 1. The highest BCUT2D eigenvalue weighted by molar-refractivity contribution is 7.99. The minimum absolute atomic E-state index is 0.630. The molecule has 1 aliphatic carbocycles. The third-order valence-corrected chi connectivity index (χ3v) is 4.69. The Hall–Kier alpha value is -0.220. The molecule has 1 aromatic rings. The van der Waals surface area contributed by atoms with E-state index in [4.69, 9.17) is 12.2 Å². The van der Waals surface area contributed by atoms with Gasteiger partial charge in [0, 0.05) is 23.2 Å². The van der Waals surface area contributed by atoms with Crippen molar-refractivity contribution in [2.24, 2.45) is 0 Å². The first-order chi connectivity index (χ1) is 7.20. The molecule has 84 valence electrons. The Kier molecular flexibility index (Phi) is 3.57. The van der Waals surface area contributed by atoms with Gasteiger partial charge in [0.2, 0.25) is 0 Å². The molecule has 0 aliphatic heterocycles. The van der Waals surface area contributed by atoms with Crippen molar-refractivity contribution in [1.29, 1.82) is 0 Å². The Morgan fingerprint density at radius 1 is 1.40 bits per heavy atom. The number of H-pyrrole nitrogens is 1. The van der Waals surface area contributed by atoms with Crippen LogP contribution in [0.15, 0.2) is 6.20 Å². The van der Waals surface area contributed by atoms with E-state index >= 15 is 0 Å². The molecule has 15 heavy (non-hydrogen) atoms. The van der Waals surface area contributed by atoms with E-state index in [0.29, 0.717) is 6.04 Å². The summed E-state index contributed by atoms with van der Waals surface area (Å²) < 4.78 is 3.14. The van der Waals surface area contributed by atoms with Crippen LogP contribution in [0.25, 0.3) is 0 Å². The lowest BCUT2D eigenvalue weighted by Crippen LogP contribution is -2.18. The van der Waals surface area contributed by atoms with E-state index in [1.807, 2.05) is 11.8 Å². The Morgan fingerprint density at radius 2 is 2.07 bits per heavy atom. The van der Waals surface area contributed by atoms with Crippen molar-refractivity contribution < 1.29 is 0 Å². The van der Waals surface area contributed by atoms with Crippen molar-refractivity contribution in [3.8, 4) is 0 Å². The Morgan fingerprint density at radius 3 is 2.53 bits per heavy atom. The summed E-state index contributed by atoms with van der Waals surface area (Å²) in [6.07, 6.45) is 9.59. The van der Waals surface area contributed by atoms with Gasteiger partial charge < -0.3 is 9.55 Å². The number of aromatic nitrogens is 2. The van der Waals surface area contributed by atoms with Gasteiger partial charge in [-0.1, -0.05) is 0 Å². The Bertz CT molecular complexity index is 372. The molecule has 2 rings (SSSR count). The van der Waals surface area contributed by atoms with Crippen LogP contribution in [0.3, 0.4) is 0 Å². The normalized spacial score (nSPS) is 26.8. The molecule has 1 N–H and O–H groups in total. The summed E-state index contributed by atoms with van der Waals surface area (Å²) in [7, 11) is 0. The van der Waals surface area contributed by atoms with E-state index in [1.54, 1.807) is 0 Å². The quantitative estimate of drug-likeness (QED) is 0.798. The molecule has 1 aromatic heterocycles. The van der Waals surface area contributed by atoms with Crippen LogP contribution in [0.1, 0.15) is 37.4 Å². The van der Waals surface area contributed by atoms with Gasteiger partial charge in [0.05, 0.1) is 0 Å². The number of hydrogen-bond acceptors (Lipinski definition) is 2. The number of hydrogen-bond donors (Lipinski definition) is 1. The first-order valence-corrected chi connectivity index (χ1v) is 7.21. The van der Waals surface area contributed by atoms with Crippen LogP contribution in [-0.4, -0.2) is 21.1 Å². The van der Waals surface area contributed by atoms with E-state index in [9.17, 15) is 0 Å². The minimum atomic E-state index is 0.630. The molecule has 0 radical (unpaired) electrons. The first kappa shape index (κ1) is 11.3. The van der Waals surface area contributed by atoms with Gasteiger partial charge in [-0.2, -0.15) is 11.8 Å². The predicted octanol–water partition coefficient (Wildman–Crippen LogP) is 3.70. The van der Waals surface area contributed by atoms with Crippen molar-refractivity contribution >= 4 is 24.0 Å². The van der Waals surface area contributed by atoms with Crippen molar-refractivity contribution in [2.75, 3.05) is 6.26 Å². The van der Waals surface area contributed by atoms with Gasteiger partial charge in [-0.3, -0.25) is 0 Å². The van der Waals surface area contributed by atoms with Crippen LogP contribution in [0, 0.1) is 11.7 Å². The fraction of sp³-hybridized carbons (Fsp3) is 0.727. The number of nitrogens with zero attached hydrogens (tertiary/aromatic N) is 1. The predicted molar refractivity (Wildman–Crippen MR) is 69.2 cm³/mol. The summed E-state index contributed by atoms with van der Waals surface area (Å²) >= 11 is 7.32. The summed E-state index contributed by atoms with van der Waals surface area (Å²) in [5.41, 5.74) is 1.17. The van der Waals surface area contributed by atoms with E-state index < -0.39 is 0 Å². The molecule has 4 heteroatoms. The monoisotopic (exact) mass is 242 g/mol. The van der Waals surface area contributed by atoms with Crippen LogP contribution >= 0.6 is 24.0 Å². The molecular formula is C11H18N2S2. The topological polar surface area (TPSA) is 20.7 Å². The maximum atomic E-state index is 5.31. The molecule has 1 saturated carbocycles.